The van der Waals surface area contributed by atoms with Crippen molar-refractivity contribution in [3.05, 3.63) is 28.1 Å². The van der Waals surface area contributed by atoms with Crippen LogP contribution in [0.1, 0.15) is 21.9 Å². The van der Waals surface area contributed by atoms with Crippen LogP contribution in [-0.4, -0.2) is 29.9 Å². The zero-order valence-electron chi connectivity index (χ0n) is 12.0. The maximum atomic E-state index is 11.9. The molecule has 9 heteroatoms. The van der Waals surface area contributed by atoms with Gasteiger partial charge in [-0.3, -0.25) is 5.32 Å². The van der Waals surface area contributed by atoms with Crippen LogP contribution in [0, 0.1) is 0 Å². The second-order valence-corrected chi connectivity index (χ2v) is 5.82. The Bertz CT molecular complexity index is 654. The Morgan fingerprint density at radius 1 is 1.55 bits per heavy atom. The van der Waals surface area contributed by atoms with Gasteiger partial charge in [0.25, 0.3) is 0 Å². The molecule has 3 rings (SSSR count). The van der Waals surface area contributed by atoms with Crippen molar-refractivity contribution in [3.63, 3.8) is 0 Å². The van der Waals surface area contributed by atoms with Gasteiger partial charge >= 0.3 is 6.03 Å². The number of thiazole rings is 1. The largest absolute Gasteiger partial charge is 0.379 e. The molecule has 0 saturated carbocycles. The lowest BCUT2D eigenvalue weighted by Crippen LogP contribution is -2.28. The van der Waals surface area contributed by atoms with E-state index >= 15 is 0 Å². The fourth-order valence-electron chi connectivity index (χ4n) is 2.10. The van der Waals surface area contributed by atoms with Crippen LogP contribution in [-0.2, 0) is 35.7 Å². The molecule has 2 aromatic heterocycles. The van der Waals surface area contributed by atoms with Gasteiger partial charge in [0.05, 0.1) is 31.2 Å². The van der Waals surface area contributed by atoms with Crippen molar-refractivity contribution in [1.29, 1.82) is 0 Å². The Kier molecular flexibility index (Phi) is 4.66. The molecule has 0 saturated heterocycles. The Balaban J connectivity index is 1.52. The van der Waals surface area contributed by atoms with Gasteiger partial charge in [0, 0.05) is 25.3 Å². The average Bonchev–Trinajstić information content (AvgIpc) is 3.12. The second kappa shape index (κ2) is 6.86. The molecule has 0 radical (unpaired) electrons. The van der Waals surface area contributed by atoms with E-state index in [1.807, 2.05) is 0 Å². The van der Waals surface area contributed by atoms with E-state index in [-0.39, 0.29) is 12.6 Å². The van der Waals surface area contributed by atoms with E-state index in [2.05, 4.69) is 20.8 Å². The summed E-state index contributed by atoms with van der Waals surface area (Å²) in [6.07, 6.45) is 2.39. The molecule has 1 aliphatic rings. The number of aromatic nitrogens is 2. The molecule has 0 aromatic carbocycles. The lowest BCUT2D eigenvalue weighted by molar-refractivity contribution is 0.102. The van der Waals surface area contributed by atoms with Crippen molar-refractivity contribution >= 4 is 22.5 Å². The minimum atomic E-state index is -0.341. The van der Waals surface area contributed by atoms with Crippen molar-refractivity contribution in [2.45, 2.75) is 26.2 Å². The van der Waals surface area contributed by atoms with Gasteiger partial charge in [0.15, 0.2) is 5.13 Å². The number of methoxy groups -OCH3 is 1. The highest BCUT2D eigenvalue weighted by Gasteiger charge is 2.20. The first-order chi connectivity index (χ1) is 10.8. The van der Waals surface area contributed by atoms with Gasteiger partial charge in [-0.2, -0.15) is 0 Å². The van der Waals surface area contributed by atoms with Gasteiger partial charge in [-0.25, -0.2) is 9.78 Å². The molecule has 22 heavy (non-hydrogen) atoms. The van der Waals surface area contributed by atoms with Crippen LogP contribution < -0.4 is 10.6 Å². The molecular formula is C13H16N4O4S. The van der Waals surface area contributed by atoms with E-state index in [0.717, 1.165) is 22.6 Å². The predicted octanol–water partition coefficient (Wildman–Crippen LogP) is 1.67. The van der Waals surface area contributed by atoms with Crippen LogP contribution in [0.15, 0.2) is 10.7 Å². The maximum Gasteiger partial charge on any atom is 0.321 e. The minimum Gasteiger partial charge on any atom is -0.379 e. The average molecular weight is 324 g/mol. The molecule has 3 heterocycles. The minimum absolute atomic E-state index is 0.282. The van der Waals surface area contributed by atoms with E-state index in [0.29, 0.717) is 30.6 Å². The van der Waals surface area contributed by atoms with Gasteiger partial charge in [0.2, 0.25) is 0 Å². The van der Waals surface area contributed by atoms with Crippen molar-refractivity contribution < 1.29 is 18.8 Å². The molecule has 8 nitrogen and oxygen atoms in total. The van der Waals surface area contributed by atoms with Crippen molar-refractivity contribution in [3.8, 4) is 0 Å². The molecule has 0 spiro atoms. The number of fused-ring (bicyclic) bond motifs is 1. The molecule has 0 unspecified atom stereocenters. The van der Waals surface area contributed by atoms with Gasteiger partial charge in [0.1, 0.15) is 11.5 Å². The molecule has 1 aliphatic heterocycles. The highest BCUT2D eigenvalue weighted by Crippen LogP contribution is 2.21. The molecule has 2 amide bonds. The van der Waals surface area contributed by atoms with Crippen LogP contribution in [0.5, 0.6) is 0 Å². The number of carbonyl (C=O) groups excluding carboxylic acids is 1. The summed E-state index contributed by atoms with van der Waals surface area (Å²) in [7, 11) is 1.61. The summed E-state index contributed by atoms with van der Waals surface area (Å²) in [5, 5.41) is 9.91. The van der Waals surface area contributed by atoms with E-state index in [9.17, 15) is 4.79 Å². The van der Waals surface area contributed by atoms with Gasteiger partial charge in [-0.05, 0) is 0 Å². The number of anilines is 1. The van der Waals surface area contributed by atoms with Gasteiger partial charge in [-0.15, -0.1) is 0 Å². The maximum absolute atomic E-state index is 11.9. The third kappa shape index (κ3) is 3.43. The van der Waals surface area contributed by atoms with Crippen molar-refractivity contribution in [1.82, 2.24) is 15.5 Å². The molecule has 2 aromatic rings. The summed E-state index contributed by atoms with van der Waals surface area (Å²) in [6.45, 7) is 1.88. The van der Waals surface area contributed by atoms with Crippen LogP contribution >= 0.6 is 11.3 Å². The summed E-state index contributed by atoms with van der Waals surface area (Å²) in [4.78, 5) is 16.9. The fraction of sp³-hybridized carbons (Fsp3) is 0.462. The summed E-state index contributed by atoms with van der Waals surface area (Å²) in [6, 6.07) is -0.341. The van der Waals surface area contributed by atoms with Crippen molar-refractivity contribution in [2.75, 3.05) is 19.0 Å². The normalized spacial score (nSPS) is 13.7. The monoisotopic (exact) mass is 324 g/mol. The summed E-state index contributed by atoms with van der Waals surface area (Å²) >= 11 is 1.37. The van der Waals surface area contributed by atoms with Crippen LogP contribution in [0.4, 0.5) is 9.93 Å². The molecule has 0 aliphatic carbocycles. The quantitative estimate of drug-likeness (QED) is 0.868. The predicted molar refractivity (Wildman–Crippen MR) is 78.5 cm³/mol. The number of nitrogens with zero attached hydrogens (tertiary/aromatic N) is 2. The lowest BCUT2D eigenvalue weighted by atomic mass is 10.1. The SMILES string of the molecule is COCc1cnc(NC(=O)NCc2noc3c2COCC3)s1. The number of urea groups is 1. The Labute approximate surface area is 130 Å². The number of amides is 2. The Morgan fingerprint density at radius 3 is 3.32 bits per heavy atom. The zero-order valence-corrected chi connectivity index (χ0v) is 12.9. The van der Waals surface area contributed by atoms with Crippen LogP contribution in [0.3, 0.4) is 0 Å². The fourth-order valence-corrected chi connectivity index (χ4v) is 2.88. The first kappa shape index (κ1) is 14.9. The first-order valence-corrected chi connectivity index (χ1v) is 7.60. The van der Waals surface area contributed by atoms with E-state index in [1.54, 1.807) is 13.3 Å². The van der Waals surface area contributed by atoms with E-state index < -0.39 is 0 Å². The first-order valence-electron chi connectivity index (χ1n) is 6.79. The van der Waals surface area contributed by atoms with Crippen LogP contribution in [0.25, 0.3) is 0 Å². The standard InChI is InChI=1S/C13H16N4O4S/c1-19-6-8-4-15-13(22-8)16-12(18)14-5-10-9-7-20-3-2-11(9)21-17-10/h4H,2-3,5-7H2,1H3,(H2,14,15,16,18). The number of hydrogen-bond acceptors (Lipinski definition) is 7. The van der Waals surface area contributed by atoms with Gasteiger partial charge in [-0.1, -0.05) is 16.5 Å². The molecule has 0 atom stereocenters. The number of hydrogen-bond donors (Lipinski definition) is 2. The highest BCUT2D eigenvalue weighted by molar-refractivity contribution is 7.15. The third-order valence-electron chi connectivity index (χ3n) is 3.15. The molecule has 0 fully saturated rings. The third-order valence-corrected chi connectivity index (χ3v) is 4.03. The molecule has 118 valence electrons. The smallest absolute Gasteiger partial charge is 0.321 e. The van der Waals surface area contributed by atoms with Crippen molar-refractivity contribution in [2.24, 2.45) is 0 Å². The van der Waals surface area contributed by atoms with Gasteiger partial charge < -0.3 is 19.3 Å². The molecule has 2 N–H and O–H groups in total. The number of carbonyl (C=O) groups is 1. The second-order valence-electron chi connectivity index (χ2n) is 4.71. The summed E-state index contributed by atoms with van der Waals surface area (Å²) in [5.41, 5.74) is 1.63. The zero-order chi connectivity index (χ0) is 15.4. The summed E-state index contributed by atoms with van der Waals surface area (Å²) < 4.78 is 15.6. The number of rotatable bonds is 5. The number of nitrogens with one attached hydrogen (secondary N) is 2. The molecule has 0 bridgehead atoms. The number of ether oxygens (including phenoxy) is 2. The summed E-state index contributed by atoms with van der Waals surface area (Å²) in [5.74, 6) is 0.840. The Morgan fingerprint density at radius 2 is 2.45 bits per heavy atom. The molecular weight excluding hydrogens is 308 g/mol. The Hall–Kier alpha value is -1.97. The highest BCUT2D eigenvalue weighted by atomic mass is 32.1. The van der Waals surface area contributed by atoms with E-state index in [1.165, 1.54) is 11.3 Å². The topological polar surface area (TPSA) is 98.5 Å². The van der Waals surface area contributed by atoms with E-state index in [4.69, 9.17) is 14.0 Å². The van der Waals surface area contributed by atoms with Crippen LogP contribution in [0.2, 0.25) is 0 Å². The lowest BCUT2D eigenvalue weighted by Gasteiger charge is -2.10.